The zero-order chi connectivity index (χ0) is 13.3. The molecule has 0 aromatic carbocycles. The lowest BCUT2D eigenvalue weighted by Gasteiger charge is -2.07. The van der Waals surface area contributed by atoms with Crippen LogP contribution in [0.5, 0.6) is 0 Å². The number of H-pyrrole nitrogens is 1. The van der Waals surface area contributed by atoms with Crippen LogP contribution in [-0.4, -0.2) is 23.0 Å². The first-order valence-electron chi connectivity index (χ1n) is 5.27. The summed E-state index contributed by atoms with van der Waals surface area (Å²) < 4.78 is 4.75. The Balaban J connectivity index is 2.70. The molecular weight excluding hydrogens is 252 g/mol. The largest absolute Gasteiger partial charge is 0.465 e. The minimum atomic E-state index is -0.433. The van der Waals surface area contributed by atoms with E-state index in [2.05, 4.69) is 9.97 Å². The highest BCUT2D eigenvalue weighted by atomic mass is 32.1. The summed E-state index contributed by atoms with van der Waals surface area (Å²) in [7, 11) is 1.34. The first-order chi connectivity index (χ1) is 8.54. The molecule has 0 saturated carbocycles. The van der Waals surface area contributed by atoms with E-state index in [0.29, 0.717) is 16.1 Å². The number of hydrogen-bond acceptors (Lipinski definition) is 5. The number of ether oxygens (including phenoxy) is 1. The van der Waals surface area contributed by atoms with E-state index in [1.807, 2.05) is 19.2 Å². The van der Waals surface area contributed by atoms with Crippen molar-refractivity contribution in [3.05, 3.63) is 38.1 Å². The zero-order valence-corrected chi connectivity index (χ0v) is 11.1. The van der Waals surface area contributed by atoms with Crippen LogP contribution in [0.15, 0.2) is 16.4 Å². The number of hydrogen-bond donors (Lipinski definition) is 1. The molecule has 0 atom stereocenters. The number of nitrogens with one attached hydrogen (secondary N) is 1. The summed E-state index contributed by atoms with van der Waals surface area (Å²) in [4.78, 5) is 29.8. The molecule has 0 bridgehead atoms. The number of carbonyl (C=O) groups excluding carboxylic acids is 1. The van der Waals surface area contributed by atoms with Crippen LogP contribution in [0.3, 0.4) is 0 Å². The van der Waals surface area contributed by atoms with E-state index in [9.17, 15) is 9.59 Å². The van der Waals surface area contributed by atoms with Crippen LogP contribution in [0.25, 0.3) is 11.3 Å². The van der Waals surface area contributed by atoms with Crippen LogP contribution in [0.2, 0.25) is 0 Å². The monoisotopic (exact) mass is 264 g/mol. The minimum absolute atomic E-state index is 0.403. The fraction of sp³-hybridized carbons (Fsp3) is 0.250. The zero-order valence-electron chi connectivity index (χ0n) is 10.2. The number of carbonyl (C=O) groups is 1. The van der Waals surface area contributed by atoms with E-state index in [1.165, 1.54) is 24.6 Å². The van der Waals surface area contributed by atoms with Crippen molar-refractivity contribution < 1.29 is 9.53 Å². The highest BCUT2D eigenvalue weighted by Crippen LogP contribution is 2.32. The molecule has 2 heterocycles. The highest BCUT2D eigenvalue weighted by molar-refractivity contribution is 7.12. The average molecular weight is 264 g/mol. The quantitative estimate of drug-likeness (QED) is 0.841. The van der Waals surface area contributed by atoms with Crippen LogP contribution in [-0.2, 0) is 4.74 Å². The summed E-state index contributed by atoms with van der Waals surface area (Å²) >= 11 is 1.30. The summed E-state index contributed by atoms with van der Waals surface area (Å²) in [6, 6.07) is 0. The molecule has 0 unspecified atom stereocenters. The fourth-order valence-corrected chi connectivity index (χ4v) is 2.69. The third-order valence-electron chi connectivity index (χ3n) is 2.60. The predicted molar refractivity (Wildman–Crippen MR) is 69.0 cm³/mol. The maximum absolute atomic E-state index is 11.7. The standard InChI is InChI=1S/C12H12N2O3S/c1-6-4-13-12(16)14-9(6)8-7(2)5-18-10(8)11(15)17-3/h4-5H,1-3H3,(H,13,14,16). The molecule has 6 heteroatoms. The lowest BCUT2D eigenvalue weighted by molar-refractivity contribution is 0.0607. The number of rotatable bonds is 2. The molecule has 0 radical (unpaired) electrons. The molecule has 0 fully saturated rings. The molecule has 2 aromatic rings. The van der Waals surface area contributed by atoms with Gasteiger partial charge in [-0.25, -0.2) is 14.6 Å². The molecular formula is C12H12N2O3S. The van der Waals surface area contributed by atoms with Crippen molar-refractivity contribution in [2.75, 3.05) is 7.11 Å². The molecule has 0 amide bonds. The number of esters is 1. The van der Waals surface area contributed by atoms with Crippen LogP contribution >= 0.6 is 11.3 Å². The van der Waals surface area contributed by atoms with Crippen molar-refractivity contribution in [2.24, 2.45) is 0 Å². The van der Waals surface area contributed by atoms with Crippen molar-refractivity contribution in [3.8, 4) is 11.3 Å². The van der Waals surface area contributed by atoms with Gasteiger partial charge in [-0.05, 0) is 30.4 Å². The van der Waals surface area contributed by atoms with Crippen molar-refractivity contribution in [2.45, 2.75) is 13.8 Å². The Kier molecular flexibility index (Phi) is 3.29. The second-order valence-corrected chi connectivity index (χ2v) is 4.74. The maximum atomic E-state index is 11.7. The maximum Gasteiger partial charge on any atom is 0.348 e. The average Bonchev–Trinajstić information content (AvgIpc) is 2.73. The molecule has 0 aliphatic heterocycles. The lowest BCUT2D eigenvalue weighted by atomic mass is 10.1. The van der Waals surface area contributed by atoms with Crippen LogP contribution in [0, 0.1) is 13.8 Å². The van der Waals surface area contributed by atoms with Gasteiger partial charge in [0.25, 0.3) is 0 Å². The first-order valence-corrected chi connectivity index (χ1v) is 6.15. The van der Waals surface area contributed by atoms with E-state index >= 15 is 0 Å². The van der Waals surface area contributed by atoms with Crippen LogP contribution in [0.4, 0.5) is 0 Å². The smallest absolute Gasteiger partial charge is 0.348 e. The summed E-state index contributed by atoms with van der Waals surface area (Å²) in [6.07, 6.45) is 1.49. The van der Waals surface area contributed by atoms with Crippen molar-refractivity contribution >= 4 is 17.3 Å². The van der Waals surface area contributed by atoms with E-state index in [-0.39, 0.29) is 0 Å². The van der Waals surface area contributed by atoms with Gasteiger partial charge in [0, 0.05) is 11.8 Å². The van der Waals surface area contributed by atoms with Crippen molar-refractivity contribution in [3.63, 3.8) is 0 Å². The van der Waals surface area contributed by atoms with E-state index in [4.69, 9.17) is 4.74 Å². The Bertz CT molecular complexity index is 658. The SMILES string of the molecule is COC(=O)c1scc(C)c1-c1[nH]c(=O)ncc1C. The topological polar surface area (TPSA) is 72.1 Å². The van der Waals surface area contributed by atoms with Gasteiger partial charge in [-0.1, -0.05) is 0 Å². The summed E-state index contributed by atoms with van der Waals surface area (Å²) in [5.41, 5.74) is 2.63. The van der Waals surface area contributed by atoms with E-state index < -0.39 is 11.7 Å². The van der Waals surface area contributed by atoms with E-state index in [1.54, 1.807) is 0 Å². The molecule has 5 nitrogen and oxygen atoms in total. The summed E-state index contributed by atoms with van der Waals surface area (Å²) in [5.74, 6) is -0.403. The Morgan fingerprint density at radius 1 is 1.39 bits per heavy atom. The first kappa shape index (κ1) is 12.5. The number of methoxy groups -OCH3 is 1. The summed E-state index contributed by atoms with van der Waals surface area (Å²) in [5, 5.41) is 1.86. The Labute approximate surface area is 107 Å². The van der Waals surface area contributed by atoms with Gasteiger partial charge in [0.15, 0.2) is 0 Å². The van der Waals surface area contributed by atoms with Crippen molar-refractivity contribution in [1.82, 2.24) is 9.97 Å². The molecule has 0 aliphatic carbocycles. The predicted octanol–water partition coefficient (Wildman–Crippen LogP) is 1.90. The molecule has 2 rings (SSSR count). The minimum Gasteiger partial charge on any atom is -0.465 e. The molecule has 0 saturated heterocycles. The third kappa shape index (κ3) is 2.06. The number of thiophene rings is 1. The number of aryl methyl sites for hydroxylation is 2. The van der Waals surface area contributed by atoms with Crippen molar-refractivity contribution in [1.29, 1.82) is 0 Å². The summed E-state index contributed by atoms with van der Waals surface area (Å²) in [6.45, 7) is 3.72. The number of aromatic nitrogens is 2. The van der Waals surface area contributed by atoms with Gasteiger partial charge in [0.05, 0.1) is 12.8 Å². The molecule has 2 aromatic heterocycles. The highest BCUT2D eigenvalue weighted by Gasteiger charge is 2.20. The van der Waals surface area contributed by atoms with Gasteiger partial charge in [0.1, 0.15) is 4.88 Å². The van der Waals surface area contributed by atoms with Gasteiger partial charge in [-0.15, -0.1) is 11.3 Å². The van der Waals surface area contributed by atoms with Gasteiger partial charge >= 0.3 is 11.7 Å². The molecule has 0 aliphatic rings. The van der Waals surface area contributed by atoms with Gasteiger partial charge in [-0.2, -0.15) is 0 Å². The van der Waals surface area contributed by atoms with Gasteiger partial charge < -0.3 is 9.72 Å². The molecule has 1 N–H and O–H groups in total. The van der Waals surface area contributed by atoms with E-state index in [0.717, 1.165) is 11.1 Å². The van der Waals surface area contributed by atoms with Gasteiger partial charge in [-0.3, -0.25) is 0 Å². The molecule has 18 heavy (non-hydrogen) atoms. The van der Waals surface area contributed by atoms with Gasteiger partial charge in [0.2, 0.25) is 0 Å². The third-order valence-corrected chi connectivity index (χ3v) is 3.68. The van der Waals surface area contributed by atoms with Crippen LogP contribution in [0.1, 0.15) is 20.8 Å². The second-order valence-electron chi connectivity index (χ2n) is 3.86. The second kappa shape index (κ2) is 4.73. The lowest BCUT2D eigenvalue weighted by Crippen LogP contribution is -2.12. The fourth-order valence-electron chi connectivity index (χ4n) is 1.72. The normalized spacial score (nSPS) is 10.4. The molecule has 94 valence electrons. The Hall–Kier alpha value is -1.95. The number of nitrogens with zero attached hydrogens (tertiary/aromatic N) is 1. The molecule has 0 spiro atoms. The van der Waals surface area contributed by atoms with Crippen LogP contribution < -0.4 is 5.69 Å². The Morgan fingerprint density at radius 2 is 2.11 bits per heavy atom. The number of aromatic amines is 1. The Morgan fingerprint density at radius 3 is 2.78 bits per heavy atom.